The average Bonchev–Trinajstić information content (AvgIpc) is 2.48. The molecule has 0 aliphatic rings. The summed E-state index contributed by atoms with van der Waals surface area (Å²) < 4.78 is 5.79. The van der Waals surface area contributed by atoms with Gasteiger partial charge in [-0.05, 0) is 12.3 Å². The molecule has 13 heavy (non-hydrogen) atoms. The second kappa shape index (κ2) is 2.86. The van der Waals surface area contributed by atoms with Gasteiger partial charge in [0.05, 0.1) is 0 Å². The summed E-state index contributed by atoms with van der Waals surface area (Å²) in [4.78, 5) is 11.4. The molecule has 5 heteroatoms. The minimum Gasteiger partial charge on any atom is -0.437 e. The number of nitrogens with one attached hydrogen (secondary N) is 1. The molecule has 0 spiro atoms. The first kappa shape index (κ1) is 8.28. The van der Waals surface area contributed by atoms with Crippen molar-refractivity contribution in [3.8, 4) is 0 Å². The average molecular weight is 197 g/mol. The molecule has 2 aromatic heterocycles. The van der Waals surface area contributed by atoms with E-state index in [0.29, 0.717) is 10.3 Å². The first-order chi connectivity index (χ1) is 6.22. The van der Waals surface area contributed by atoms with Gasteiger partial charge in [-0.15, -0.1) is 11.3 Å². The summed E-state index contributed by atoms with van der Waals surface area (Å²) in [6, 6.07) is 1.22. The van der Waals surface area contributed by atoms with Crippen LogP contribution in [0.4, 0.5) is 5.88 Å². The molecule has 0 aliphatic heterocycles. The fraction of sp³-hybridized carbons (Fsp3) is 0.125. The van der Waals surface area contributed by atoms with E-state index in [2.05, 4.69) is 0 Å². The molecule has 68 valence electrons. The fourth-order valence-corrected chi connectivity index (χ4v) is 2.00. The Morgan fingerprint density at radius 2 is 2.38 bits per heavy atom. The lowest BCUT2D eigenvalue weighted by Crippen LogP contribution is -2.00. The predicted molar refractivity (Wildman–Crippen MR) is 50.5 cm³/mol. The van der Waals surface area contributed by atoms with Crippen molar-refractivity contribution in [1.82, 2.24) is 0 Å². The lowest BCUT2D eigenvalue weighted by molar-refractivity contribution is 0.364. The zero-order valence-electron chi connectivity index (χ0n) is 6.83. The molecule has 0 radical (unpaired) electrons. The van der Waals surface area contributed by atoms with Crippen molar-refractivity contribution in [2.75, 3.05) is 5.48 Å². The normalized spacial score (nSPS) is 10.6. The van der Waals surface area contributed by atoms with Crippen LogP contribution in [-0.2, 0) is 0 Å². The van der Waals surface area contributed by atoms with Crippen LogP contribution in [0.5, 0.6) is 0 Å². The Morgan fingerprint density at radius 3 is 3.08 bits per heavy atom. The molecule has 0 aromatic carbocycles. The van der Waals surface area contributed by atoms with E-state index in [0.717, 1.165) is 5.56 Å². The zero-order valence-corrected chi connectivity index (χ0v) is 7.64. The molecule has 0 saturated heterocycles. The first-order valence-electron chi connectivity index (χ1n) is 3.64. The third kappa shape index (κ3) is 1.22. The van der Waals surface area contributed by atoms with E-state index in [1.807, 2.05) is 17.8 Å². The molecule has 2 N–H and O–H groups in total. The number of thiophene rings is 1. The standard InChI is InChI=1S/C8H7NO3S/c1-4-3-13-8-5(10)2-6(9-11)12-7(4)8/h2-3,9,11H,1H3. The smallest absolute Gasteiger partial charge is 0.220 e. The minimum absolute atomic E-state index is 0.0685. The molecular formula is C8H7NO3S. The maximum atomic E-state index is 11.4. The van der Waals surface area contributed by atoms with Crippen LogP contribution < -0.4 is 10.9 Å². The molecule has 0 fully saturated rings. The molecule has 0 bridgehead atoms. The molecule has 0 amide bonds. The summed E-state index contributed by atoms with van der Waals surface area (Å²) >= 11 is 1.34. The summed E-state index contributed by atoms with van der Waals surface area (Å²) in [5.41, 5.74) is 3.11. The van der Waals surface area contributed by atoms with Gasteiger partial charge in [0.25, 0.3) is 0 Å². The maximum absolute atomic E-state index is 11.4. The highest BCUT2D eigenvalue weighted by molar-refractivity contribution is 7.17. The van der Waals surface area contributed by atoms with Gasteiger partial charge in [-0.3, -0.25) is 10.0 Å². The second-order valence-electron chi connectivity index (χ2n) is 2.66. The fourth-order valence-electron chi connectivity index (χ4n) is 1.11. The summed E-state index contributed by atoms with van der Waals surface area (Å²) in [5.74, 6) is 0.0685. The SMILES string of the molecule is Cc1csc2c(=O)cc(NO)oc12. The van der Waals surface area contributed by atoms with Gasteiger partial charge >= 0.3 is 0 Å². The van der Waals surface area contributed by atoms with E-state index in [4.69, 9.17) is 9.62 Å². The van der Waals surface area contributed by atoms with Crippen LogP contribution in [-0.4, -0.2) is 5.21 Å². The Bertz CT molecular complexity index is 500. The third-order valence-corrected chi connectivity index (χ3v) is 2.82. The molecule has 2 rings (SSSR count). The Hall–Kier alpha value is -1.33. The van der Waals surface area contributed by atoms with Crippen LogP contribution in [0.15, 0.2) is 20.7 Å². The zero-order chi connectivity index (χ0) is 9.42. The lowest BCUT2D eigenvalue weighted by Gasteiger charge is -1.96. The molecule has 0 atom stereocenters. The lowest BCUT2D eigenvalue weighted by atomic mass is 10.3. The Morgan fingerprint density at radius 1 is 1.62 bits per heavy atom. The van der Waals surface area contributed by atoms with Gasteiger partial charge in [0.2, 0.25) is 11.3 Å². The number of fused-ring (bicyclic) bond motifs is 1. The van der Waals surface area contributed by atoms with Crippen LogP contribution in [0.3, 0.4) is 0 Å². The predicted octanol–water partition coefficient (Wildman–Crippen LogP) is 1.96. The molecule has 0 aliphatic carbocycles. The highest BCUT2D eigenvalue weighted by Gasteiger charge is 2.07. The van der Waals surface area contributed by atoms with Gasteiger partial charge in [-0.1, -0.05) is 0 Å². The Labute approximate surface area is 77.4 Å². The summed E-state index contributed by atoms with van der Waals surface area (Å²) in [6.45, 7) is 1.85. The van der Waals surface area contributed by atoms with Crippen LogP contribution in [0.25, 0.3) is 10.3 Å². The molecule has 0 unspecified atom stereocenters. The van der Waals surface area contributed by atoms with E-state index < -0.39 is 0 Å². The van der Waals surface area contributed by atoms with E-state index in [-0.39, 0.29) is 11.3 Å². The van der Waals surface area contributed by atoms with E-state index >= 15 is 0 Å². The van der Waals surface area contributed by atoms with Crippen molar-refractivity contribution < 1.29 is 9.62 Å². The Kier molecular flexibility index (Phi) is 1.82. The van der Waals surface area contributed by atoms with Gasteiger partial charge in [0, 0.05) is 11.6 Å². The molecular weight excluding hydrogens is 190 g/mol. The summed E-state index contributed by atoms with van der Waals surface area (Å²) in [6.07, 6.45) is 0. The van der Waals surface area contributed by atoms with Gasteiger partial charge in [-0.25, -0.2) is 5.48 Å². The molecule has 2 heterocycles. The first-order valence-corrected chi connectivity index (χ1v) is 4.52. The van der Waals surface area contributed by atoms with Crippen molar-refractivity contribution in [2.24, 2.45) is 0 Å². The minimum atomic E-state index is -0.143. The highest BCUT2D eigenvalue weighted by atomic mass is 32.1. The van der Waals surface area contributed by atoms with E-state index in [9.17, 15) is 4.79 Å². The quantitative estimate of drug-likeness (QED) is 0.686. The van der Waals surface area contributed by atoms with Crippen LogP contribution in [0, 0.1) is 6.92 Å². The molecule has 0 saturated carbocycles. The van der Waals surface area contributed by atoms with Crippen LogP contribution >= 0.6 is 11.3 Å². The number of anilines is 1. The van der Waals surface area contributed by atoms with Crippen molar-refractivity contribution in [3.05, 3.63) is 27.2 Å². The topological polar surface area (TPSA) is 62.5 Å². The van der Waals surface area contributed by atoms with Gasteiger partial charge in [0.15, 0.2) is 5.58 Å². The largest absolute Gasteiger partial charge is 0.437 e. The number of hydrogen-bond acceptors (Lipinski definition) is 5. The van der Waals surface area contributed by atoms with Crippen molar-refractivity contribution in [2.45, 2.75) is 6.92 Å². The Balaban J connectivity index is 2.88. The van der Waals surface area contributed by atoms with Crippen LogP contribution in [0.2, 0.25) is 0 Å². The van der Waals surface area contributed by atoms with Gasteiger partial charge in [-0.2, -0.15) is 0 Å². The van der Waals surface area contributed by atoms with E-state index in [1.165, 1.54) is 17.4 Å². The van der Waals surface area contributed by atoms with E-state index in [1.54, 1.807) is 0 Å². The second-order valence-corrected chi connectivity index (χ2v) is 3.54. The number of rotatable bonds is 1. The third-order valence-electron chi connectivity index (χ3n) is 1.73. The van der Waals surface area contributed by atoms with Crippen molar-refractivity contribution in [1.29, 1.82) is 0 Å². The number of hydrogen-bond donors (Lipinski definition) is 2. The number of aryl methyl sites for hydroxylation is 1. The van der Waals surface area contributed by atoms with Gasteiger partial charge < -0.3 is 4.42 Å². The van der Waals surface area contributed by atoms with Crippen LogP contribution in [0.1, 0.15) is 5.56 Å². The monoisotopic (exact) mass is 197 g/mol. The highest BCUT2D eigenvalue weighted by Crippen LogP contribution is 2.24. The molecule has 4 nitrogen and oxygen atoms in total. The van der Waals surface area contributed by atoms with Crippen molar-refractivity contribution >= 4 is 27.5 Å². The van der Waals surface area contributed by atoms with Crippen molar-refractivity contribution in [3.63, 3.8) is 0 Å². The van der Waals surface area contributed by atoms with Gasteiger partial charge in [0.1, 0.15) is 4.70 Å². The molecule has 2 aromatic rings. The summed E-state index contributed by atoms with van der Waals surface area (Å²) in [5, 5.41) is 10.4. The maximum Gasteiger partial charge on any atom is 0.220 e. The summed E-state index contributed by atoms with van der Waals surface area (Å²) in [7, 11) is 0.